The Bertz CT molecular complexity index is 521. The number of carbonyl (C=O) groups is 1. The first-order valence-corrected chi connectivity index (χ1v) is 7.75. The predicted octanol–water partition coefficient (Wildman–Crippen LogP) is 2.25. The minimum Gasteiger partial charge on any atom is -0.390 e. The van der Waals surface area contributed by atoms with Gasteiger partial charge in [-0.15, -0.1) is 0 Å². The molecule has 22 heavy (non-hydrogen) atoms. The number of ether oxygens (including phenoxy) is 2. The number of carbonyl (C=O) groups excluding carboxylic acids is 1. The third-order valence-corrected chi connectivity index (χ3v) is 3.93. The van der Waals surface area contributed by atoms with Crippen molar-refractivity contribution >= 4 is 17.5 Å². The summed E-state index contributed by atoms with van der Waals surface area (Å²) < 4.78 is 11.0. The molecule has 5 nitrogen and oxygen atoms in total. The van der Waals surface area contributed by atoms with E-state index in [1.54, 1.807) is 19.9 Å². The van der Waals surface area contributed by atoms with E-state index in [1.807, 2.05) is 18.2 Å². The summed E-state index contributed by atoms with van der Waals surface area (Å²) in [5, 5.41) is 13.5. The van der Waals surface area contributed by atoms with E-state index >= 15 is 0 Å². The average molecular weight is 328 g/mol. The van der Waals surface area contributed by atoms with E-state index in [9.17, 15) is 9.90 Å². The fourth-order valence-electron chi connectivity index (χ4n) is 2.29. The summed E-state index contributed by atoms with van der Waals surface area (Å²) in [7, 11) is 0. The Morgan fingerprint density at radius 3 is 2.86 bits per heavy atom. The predicted molar refractivity (Wildman–Crippen MR) is 83.4 cm³/mol. The van der Waals surface area contributed by atoms with Gasteiger partial charge in [0.2, 0.25) is 5.91 Å². The van der Waals surface area contributed by atoms with Gasteiger partial charge >= 0.3 is 0 Å². The largest absolute Gasteiger partial charge is 0.390 e. The molecule has 0 aromatic heterocycles. The molecule has 6 heteroatoms. The maximum atomic E-state index is 11.8. The van der Waals surface area contributed by atoms with Crippen LogP contribution in [0, 0.1) is 0 Å². The normalized spacial score (nSPS) is 21.5. The van der Waals surface area contributed by atoms with Crippen molar-refractivity contribution in [2.24, 2.45) is 0 Å². The lowest BCUT2D eigenvalue weighted by Crippen LogP contribution is -2.32. The topological polar surface area (TPSA) is 67.8 Å². The molecule has 1 aromatic carbocycles. The van der Waals surface area contributed by atoms with Crippen LogP contribution in [0.4, 0.5) is 0 Å². The SMILES string of the molecule is CC1(C)OC[C@H]([C@H](O)CCC(=O)NCc2ccccc2Cl)O1. The second-order valence-corrected chi connectivity index (χ2v) is 6.25. The van der Waals surface area contributed by atoms with Gasteiger partial charge < -0.3 is 19.9 Å². The molecule has 1 aliphatic heterocycles. The molecule has 0 radical (unpaired) electrons. The van der Waals surface area contributed by atoms with Gasteiger partial charge in [0.05, 0.1) is 12.7 Å². The van der Waals surface area contributed by atoms with Crippen LogP contribution in [0.15, 0.2) is 24.3 Å². The number of hydrogen-bond acceptors (Lipinski definition) is 4. The Morgan fingerprint density at radius 2 is 2.23 bits per heavy atom. The van der Waals surface area contributed by atoms with Crippen molar-refractivity contribution in [3.05, 3.63) is 34.9 Å². The summed E-state index contributed by atoms with van der Waals surface area (Å²) in [6, 6.07) is 7.36. The Morgan fingerprint density at radius 1 is 1.50 bits per heavy atom. The number of aliphatic hydroxyl groups excluding tert-OH is 1. The number of halogens is 1. The second kappa shape index (κ2) is 7.42. The van der Waals surface area contributed by atoms with Gasteiger partial charge in [-0.3, -0.25) is 4.79 Å². The third-order valence-electron chi connectivity index (χ3n) is 3.56. The van der Waals surface area contributed by atoms with Gasteiger partial charge in [-0.2, -0.15) is 0 Å². The van der Waals surface area contributed by atoms with Gasteiger partial charge in [-0.25, -0.2) is 0 Å². The number of hydrogen-bond donors (Lipinski definition) is 2. The standard InChI is InChI=1S/C16H22ClNO4/c1-16(2)21-10-14(22-16)13(19)7-8-15(20)18-9-11-5-3-4-6-12(11)17/h3-6,13-14,19H,7-10H2,1-2H3,(H,18,20)/t13-,14-/m1/s1. The highest BCUT2D eigenvalue weighted by molar-refractivity contribution is 6.31. The summed E-state index contributed by atoms with van der Waals surface area (Å²) in [6.45, 7) is 4.33. The van der Waals surface area contributed by atoms with Crippen molar-refractivity contribution in [3.63, 3.8) is 0 Å². The van der Waals surface area contributed by atoms with Crippen LogP contribution < -0.4 is 5.32 Å². The summed E-state index contributed by atoms with van der Waals surface area (Å²) in [5.74, 6) is -0.796. The smallest absolute Gasteiger partial charge is 0.220 e. The first-order chi connectivity index (χ1) is 10.4. The number of amides is 1. The van der Waals surface area contributed by atoms with E-state index in [0.29, 0.717) is 24.6 Å². The van der Waals surface area contributed by atoms with Crippen molar-refractivity contribution in [3.8, 4) is 0 Å². The fraction of sp³-hybridized carbons (Fsp3) is 0.562. The number of benzene rings is 1. The van der Waals surface area contributed by atoms with Crippen LogP contribution in [0.5, 0.6) is 0 Å². The quantitative estimate of drug-likeness (QED) is 0.841. The first-order valence-electron chi connectivity index (χ1n) is 7.37. The molecule has 1 aliphatic rings. The summed E-state index contributed by atoms with van der Waals surface area (Å²) >= 11 is 6.03. The zero-order valence-electron chi connectivity index (χ0n) is 12.8. The lowest BCUT2D eigenvalue weighted by molar-refractivity contribution is -0.151. The van der Waals surface area contributed by atoms with E-state index in [2.05, 4.69) is 5.32 Å². The molecular formula is C16H22ClNO4. The second-order valence-electron chi connectivity index (χ2n) is 5.84. The molecule has 1 saturated heterocycles. The maximum Gasteiger partial charge on any atom is 0.220 e. The van der Waals surface area contributed by atoms with Gasteiger partial charge in [0.25, 0.3) is 0 Å². The molecule has 1 fully saturated rings. The Balaban J connectivity index is 1.71. The van der Waals surface area contributed by atoms with E-state index < -0.39 is 11.9 Å². The molecule has 1 amide bonds. The zero-order valence-corrected chi connectivity index (χ0v) is 13.6. The molecule has 1 heterocycles. The highest BCUT2D eigenvalue weighted by Gasteiger charge is 2.36. The van der Waals surface area contributed by atoms with Gasteiger partial charge in [0.15, 0.2) is 5.79 Å². The minimum absolute atomic E-state index is 0.128. The Labute approximate surface area is 135 Å². The summed E-state index contributed by atoms with van der Waals surface area (Å²) in [6.07, 6.45) is -0.538. The number of aliphatic hydroxyl groups is 1. The van der Waals surface area contributed by atoms with Crippen molar-refractivity contribution in [2.45, 2.75) is 51.2 Å². The first kappa shape index (κ1) is 17.2. The van der Waals surface area contributed by atoms with Crippen LogP contribution >= 0.6 is 11.6 Å². The monoisotopic (exact) mass is 327 g/mol. The van der Waals surface area contributed by atoms with E-state index in [1.165, 1.54) is 0 Å². The summed E-state index contributed by atoms with van der Waals surface area (Å²) in [4.78, 5) is 11.8. The van der Waals surface area contributed by atoms with Gasteiger partial charge in [-0.05, 0) is 31.9 Å². The number of nitrogens with one attached hydrogen (secondary N) is 1. The molecule has 0 saturated carbocycles. The van der Waals surface area contributed by atoms with Gasteiger partial charge in [0.1, 0.15) is 6.10 Å². The Hall–Kier alpha value is -1.14. The van der Waals surface area contributed by atoms with Crippen LogP contribution in [0.1, 0.15) is 32.3 Å². The van der Waals surface area contributed by atoms with Gasteiger partial charge in [-0.1, -0.05) is 29.8 Å². The summed E-state index contributed by atoms with van der Waals surface area (Å²) in [5.41, 5.74) is 0.868. The molecule has 0 unspecified atom stereocenters. The third kappa shape index (κ3) is 4.95. The van der Waals surface area contributed by atoms with Crippen LogP contribution in [0.25, 0.3) is 0 Å². The lowest BCUT2D eigenvalue weighted by atomic mass is 10.1. The molecule has 0 spiro atoms. The van der Waals surface area contributed by atoms with Crippen LogP contribution in [-0.4, -0.2) is 35.6 Å². The highest BCUT2D eigenvalue weighted by atomic mass is 35.5. The van der Waals surface area contributed by atoms with Crippen molar-refractivity contribution in [1.82, 2.24) is 5.32 Å². The van der Waals surface area contributed by atoms with E-state index in [-0.39, 0.29) is 18.4 Å². The zero-order chi connectivity index (χ0) is 16.2. The van der Waals surface area contributed by atoms with Crippen molar-refractivity contribution < 1.29 is 19.4 Å². The van der Waals surface area contributed by atoms with Gasteiger partial charge in [0, 0.05) is 18.0 Å². The molecule has 2 N–H and O–H groups in total. The Kier molecular flexibility index (Phi) is 5.81. The molecule has 0 aliphatic carbocycles. The maximum absolute atomic E-state index is 11.8. The number of rotatable bonds is 6. The lowest BCUT2D eigenvalue weighted by Gasteiger charge is -2.20. The van der Waals surface area contributed by atoms with Crippen LogP contribution in [-0.2, 0) is 20.8 Å². The fourth-order valence-corrected chi connectivity index (χ4v) is 2.50. The van der Waals surface area contributed by atoms with Crippen molar-refractivity contribution in [1.29, 1.82) is 0 Å². The molecule has 0 bridgehead atoms. The molecule has 122 valence electrons. The van der Waals surface area contributed by atoms with E-state index in [4.69, 9.17) is 21.1 Å². The molecular weight excluding hydrogens is 306 g/mol. The van der Waals surface area contributed by atoms with Crippen LogP contribution in [0.2, 0.25) is 5.02 Å². The average Bonchev–Trinajstić information content (AvgIpc) is 2.84. The van der Waals surface area contributed by atoms with Crippen molar-refractivity contribution in [2.75, 3.05) is 6.61 Å². The van der Waals surface area contributed by atoms with E-state index in [0.717, 1.165) is 5.56 Å². The molecule has 2 rings (SSSR count). The molecule has 1 aromatic rings. The minimum atomic E-state index is -0.715. The molecule has 2 atom stereocenters. The highest BCUT2D eigenvalue weighted by Crippen LogP contribution is 2.25. The van der Waals surface area contributed by atoms with Crippen LogP contribution in [0.3, 0.4) is 0 Å².